The molecule has 98 valence electrons. The van der Waals surface area contributed by atoms with Gasteiger partial charge in [-0.25, -0.2) is 0 Å². The lowest BCUT2D eigenvalue weighted by Gasteiger charge is -2.30. The molecule has 0 amide bonds. The predicted octanol–water partition coefficient (Wildman–Crippen LogP) is 1.66. The van der Waals surface area contributed by atoms with Crippen LogP contribution in [0.15, 0.2) is 30.3 Å². The molecule has 1 aromatic carbocycles. The number of rotatable bonds is 4. The third-order valence-corrected chi connectivity index (χ3v) is 3.14. The zero-order valence-electron chi connectivity index (χ0n) is 10.3. The van der Waals surface area contributed by atoms with Crippen LogP contribution < -0.4 is 0 Å². The molecule has 4 heteroatoms. The van der Waals surface area contributed by atoms with Crippen LogP contribution in [0.3, 0.4) is 0 Å². The van der Waals surface area contributed by atoms with E-state index in [1.165, 1.54) is 0 Å². The number of aliphatic hydroxyl groups is 1. The molecule has 0 aliphatic carbocycles. The summed E-state index contributed by atoms with van der Waals surface area (Å²) in [5, 5.41) is 10.2. The van der Waals surface area contributed by atoms with Crippen LogP contribution in [0.1, 0.15) is 24.8 Å². The van der Waals surface area contributed by atoms with Crippen molar-refractivity contribution in [3.05, 3.63) is 35.9 Å². The number of carbonyl (C=O) groups excluding carboxylic acids is 1. The Bertz CT molecular complexity index is 382. The molecule has 0 spiro atoms. The van der Waals surface area contributed by atoms with Gasteiger partial charge in [-0.2, -0.15) is 0 Å². The topological polar surface area (TPSA) is 55.8 Å². The van der Waals surface area contributed by atoms with Crippen LogP contribution in [-0.4, -0.2) is 29.9 Å². The van der Waals surface area contributed by atoms with Gasteiger partial charge in [-0.3, -0.25) is 4.79 Å². The fourth-order valence-corrected chi connectivity index (χ4v) is 1.99. The Morgan fingerprint density at radius 1 is 1.28 bits per heavy atom. The first kappa shape index (κ1) is 13.1. The molecule has 1 saturated heterocycles. The molecule has 0 atom stereocenters. The SMILES string of the molecule is O=C(CC1(O)CCOCC1)OCc1ccccc1. The quantitative estimate of drug-likeness (QED) is 0.826. The molecule has 1 N–H and O–H groups in total. The second-order valence-electron chi connectivity index (χ2n) is 4.66. The fraction of sp³-hybridized carbons (Fsp3) is 0.500. The zero-order valence-corrected chi connectivity index (χ0v) is 10.3. The van der Waals surface area contributed by atoms with Crippen molar-refractivity contribution in [2.45, 2.75) is 31.5 Å². The van der Waals surface area contributed by atoms with E-state index in [1.54, 1.807) is 0 Å². The lowest BCUT2D eigenvalue weighted by atomic mass is 9.91. The minimum atomic E-state index is -0.952. The Kier molecular flexibility index (Phi) is 4.33. The molecule has 0 radical (unpaired) electrons. The maximum Gasteiger partial charge on any atom is 0.309 e. The second kappa shape index (κ2) is 5.98. The summed E-state index contributed by atoms with van der Waals surface area (Å²) in [7, 11) is 0. The van der Waals surface area contributed by atoms with E-state index >= 15 is 0 Å². The number of hydrogen-bond donors (Lipinski definition) is 1. The highest BCUT2D eigenvalue weighted by Gasteiger charge is 2.32. The van der Waals surface area contributed by atoms with Crippen molar-refractivity contribution in [3.63, 3.8) is 0 Å². The van der Waals surface area contributed by atoms with Crippen molar-refractivity contribution in [1.82, 2.24) is 0 Å². The minimum absolute atomic E-state index is 0.0448. The molecule has 18 heavy (non-hydrogen) atoms. The third kappa shape index (κ3) is 3.82. The summed E-state index contributed by atoms with van der Waals surface area (Å²) >= 11 is 0. The van der Waals surface area contributed by atoms with E-state index in [4.69, 9.17) is 9.47 Å². The van der Waals surface area contributed by atoms with E-state index in [0.29, 0.717) is 26.1 Å². The van der Waals surface area contributed by atoms with Crippen molar-refractivity contribution in [2.24, 2.45) is 0 Å². The molecule has 0 bridgehead atoms. The maximum absolute atomic E-state index is 11.7. The van der Waals surface area contributed by atoms with Crippen LogP contribution >= 0.6 is 0 Å². The first-order valence-corrected chi connectivity index (χ1v) is 6.18. The summed E-state index contributed by atoms with van der Waals surface area (Å²) in [6.45, 7) is 1.26. The van der Waals surface area contributed by atoms with Gasteiger partial charge >= 0.3 is 5.97 Å². The van der Waals surface area contributed by atoms with E-state index in [1.807, 2.05) is 30.3 Å². The Labute approximate surface area is 107 Å². The van der Waals surface area contributed by atoms with E-state index in [2.05, 4.69) is 0 Å². The van der Waals surface area contributed by atoms with Crippen molar-refractivity contribution in [1.29, 1.82) is 0 Å². The molecule has 0 unspecified atom stereocenters. The molecule has 1 aromatic rings. The number of ether oxygens (including phenoxy) is 2. The number of carbonyl (C=O) groups is 1. The van der Waals surface area contributed by atoms with Gasteiger partial charge in [-0.15, -0.1) is 0 Å². The average molecular weight is 250 g/mol. The minimum Gasteiger partial charge on any atom is -0.461 e. The summed E-state index contributed by atoms with van der Waals surface area (Å²) < 4.78 is 10.3. The maximum atomic E-state index is 11.7. The molecule has 1 aliphatic heterocycles. The van der Waals surface area contributed by atoms with Gasteiger partial charge in [0.15, 0.2) is 0 Å². The van der Waals surface area contributed by atoms with Crippen molar-refractivity contribution < 1.29 is 19.4 Å². The highest BCUT2D eigenvalue weighted by molar-refractivity contribution is 5.70. The molecular weight excluding hydrogens is 232 g/mol. The van der Waals surface area contributed by atoms with Crippen molar-refractivity contribution in [3.8, 4) is 0 Å². The van der Waals surface area contributed by atoms with Crippen molar-refractivity contribution in [2.75, 3.05) is 13.2 Å². The zero-order chi connectivity index (χ0) is 12.8. The van der Waals surface area contributed by atoms with Gasteiger partial charge in [-0.1, -0.05) is 30.3 Å². The number of esters is 1. The van der Waals surface area contributed by atoms with Gasteiger partial charge in [0.2, 0.25) is 0 Å². The predicted molar refractivity (Wildman–Crippen MR) is 65.9 cm³/mol. The van der Waals surface area contributed by atoms with Crippen LogP contribution in [0, 0.1) is 0 Å². The van der Waals surface area contributed by atoms with Gasteiger partial charge in [0.25, 0.3) is 0 Å². The van der Waals surface area contributed by atoms with Crippen LogP contribution in [0.4, 0.5) is 0 Å². The second-order valence-corrected chi connectivity index (χ2v) is 4.66. The van der Waals surface area contributed by atoms with Crippen LogP contribution in [0.2, 0.25) is 0 Å². The summed E-state index contributed by atoms with van der Waals surface area (Å²) in [6, 6.07) is 9.51. The molecule has 1 fully saturated rings. The largest absolute Gasteiger partial charge is 0.461 e. The lowest BCUT2D eigenvalue weighted by molar-refractivity contribution is -0.154. The summed E-state index contributed by atoms with van der Waals surface area (Å²) in [6.07, 6.45) is 1.03. The molecular formula is C14H18O4. The summed E-state index contributed by atoms with van der Waals surface area (Å²) in [4.78, 5) is 11.7. The molecule has 0 aromatic heterocycles. The Hall–Kier alpha value is -1.39. The average Bonchev–Trinajstić information content (AvgIpc) is 2.38. The molecule has 4 nitrogen and oxygen atoms in total. The van der Waals surface area contributed by atoms with Crippen LogP contribution in [0.5, 0.6) is 0 Å². The van der Waals surface area contributed by atoms with Gasteiger partial charge in [-0.05, 0) is 5.56 Å². The Balaban J connectivity index is 1.78. The van der Waals surface area contributed by atoms with Gasteiger partial charge in [0.1, 0.15) is 6.61 Å². The highest BCUT2D eigenvalue weighted by atomic mass is 16.5. The van der Waals surface area contributed by atoms with E-state index in [0.717, 1.165) is 5.56 Å². The van der Waals surface area contributed by atoms with Crippen LogP contribution in [-0.2, 0) is 20.9 Å². The van der Waals surface area contributed by atoms with Gasteiger partial charge in [0.05, 0.1) is 12.0 Å². The third-order valence-electron chi connectivity index (χ3n) is 3.14. The summed E-state index contributed by atoms with van der Waals surface area (Å²) in [5.41, 5.74) is -0.00346. The normalized spacial score (nSPS) is 18.3. The summed E-state index contributed by atoms with van der Waals surface area (Å²) in [5.74, 6) is -0.358. The monoisotopic (exact) mass is 250 g/mol. The van der Waals surface area contributed by atoms with Crippen molar-refractivity contribution >= 4 is 5.97 Å². The van der Waals surface area contributed by atoms with E-state index in [9.17, 15) is 9.90 Å². The first-order chi connectivity index (χ1) is 8.68. The van der Waals surface area contributed by atoms with E-state index < -0.39 is 5.60 Å². The molecule has 1 aliphatic rings. The highest BCUT2D eigenvalue weighted by Crippen LogP contribution is 2.24. The molecule has 0 saturated carbocycles. The Morgan fingerprint density at radius 3 is 2.61 bits per heavy atom. The molecule has 1 heterocycles. The molecule has 2 rings (SSSR count). The smallest absolute Gasteiger partial charge is 0.309 e. The fourth-order valence-electron chi connectivity index (χ4n) is 1.99. The first-order valence-electron chi connectivity index (χ1n) is 6.18. The number of benzene rings is 1. The van der Waals surface area contributed by atoms with Gasteiger partial charge in [0, 0.05) is 26.1 Å². The standard InChI is InChI=1S/C14H18O4/c15-13(10-14(16)6-8-17-9-7-14)18-11-12-4-2-1-3-5-12/h1-5,16H,6-11H2. The van der Waals surface area contributed by atoms with Crippen LogP contribution in [0.25, 0.3) is 0 Å². The van der Waals surface area contributed by atoms with E-state index in [-0.39, 0.29) is 19.0 Å². The Morgan fingerprint density at radius 2 is 1.94 bits per heavy atom. The lowest BCUT2D eigenvalue weighted by Crippen LogP contribution is -2.38. The van der Waals surface area contributed by atoms with Gasteiger partial charge < -0.3 is 14.6 Å². The number of hydrogen-bond acceptors (Lipinski definition) is 4.